The molecule has 3 atom stereocenters. The highest BCUT2D eigenvalue weighted by atomic mass is 19.4. The van der Waals surface area contributed by atoms with Crippen LogP contribution >= 0.6 is 0 Å². The van der Waals surface area contributed by atoms with Gasteiger partial charge in [-0.05, 0) is 54.5 Å². The molecule has 42 heavy (non-hydrogen) atoms. The van der Waals surface area contributed by atoms with Crippen LogP contribution in [0, 0.1) is 22.7 Å². The monoisotopic (exact) mass is 576 g/mol. The molecule has 0 saturated heterocycles. The number of carbonyl (C=O) groups excluding carboxylic acids is 1. The van der Waals surface area contributed by atoms with Gasteiger partial charge >= 0.3 is 6.18 Å². The second-order valence-corrected chi connectivity index (χ2v) is 11.4. The van der Waals surface area contributed by atoms with E-state index in [4.69, 9.17) is 0 Å². The maximum Gasteiger partial charge on any atom is 0.407 e. The molecule has 0 bridgehead atoms. The van der Waals surface area contributed by atoms with Gasteiger partial charge in [-0.1, -0.05) is 78.9 Å². The van der Waals surface area contributed by atoms with E-state index in [9.17, 15) is 32.9 Å². The maximum atomic E-state index is 14.7. The summed E-state index contributed by atoms with van der Waals surface area (Å²) in [5, 5.41) is 23.8. The fourth-order valence-electron chi connectivity index (χ4n) is 4.98. The minimum absolute atomic E-state index is 0.139. The van der Waals surface area contributed by atoms with Gasteiger partial charge in [-0.3, -0.25) is 10.1 Å². The van der Waals surface area contributed by atoms with Crippen LogP contribution in [0.2, 0.25) is 0 Å². The lowest BCUT2D eigenvalue weighted by Gasteiger charge is -2.30. The van der Waals surface area contributed by atoms with Gasteiger partial charge in [0.05, 0.1) is 23.6 Å². The molecule has 1 aliphatic rings. The molecule has 1 fully saturated rings. The molecule has 0 radical (unpaired) electrons. The zero-order valence-electron chi connectivity index (χ0n) is 23.4. The number of benzene rings is 3. The second kappa shape index (κ2) is 12.3. The Morgan fingerprint density at radius 2 is 1.48 bits per heavy atom. The summed E-state index contributed by atoms with van der Waals surface area (Å²) in [4.78, 5) is 13.2. The number of amides is 1. The largest absolute Gasteiger partial charge is 0.407 e. The van der Waals surface area contributed by atoms with Gasteiger partial charge in [0.1, 0.15) is 17.8 Å². The Labute approximate surface area is 243 Å². The molecular weight excluding hydrogens is 544 g/mol. The first-order chi connectivity index (χ1) is 19.8. The summed E-state index contributed by atoms with van der Waals surface area (Å²) >= 11 is 0. The van der Waals surface area contributed by atoms with Gasteiger partial charge in [0.15, 0.2) is 0 Å². The first kappa shape index (κ1) is 30.7. The lowest BCUT2D eigenvalue weighted by atomic mass is 9.94. The van der Waals surface area contributed by atoms with E-state index in [2.05, 4.69) is 16.7 Å². The fourth-order valence-corrected chi connectivity index (χ4v) is 4.98. The normalized spacial score (nSPS) is 16.4. The van der Waals surface area contributed by atoms with Crippen molar-refractivity contribution in [2.24, 2.45) is 0 Å². The maximum absolute atomic E-state index is 14.7. The van der Waals surface area contributed by atoms with Crippen molar-refractivity contribution in [2.45, 2.75) is 74.9 Å². The van der Waals surface area contributed by atoms with Crippen molar-refractivity contribution in [1.82, 2.24) is 10.6 Å². The van der Waals surface area contributed by atoms with Gasteiger partial charge in [0.2, 0.25) is 5.91 Å². The lowest BCUT2D eigenvalue weighted by Crippen LogP contribution is -2.53. The standard InChI is InChI=1S/C33H32F4N4O/c1-31(2,34)19-28(30(42)40-27(20-38)18-22-6-4-3-5-7-22)41-29(33(35,36)37)25-10-8-23(9-11-25)24-12-14-26(15-13-24)32(21-39)16-17-32/h3-15,27-29,41H,16-19H2,1-2H3,(H,40,42)/t27-,28-,29-/m0/s1. The summed E-state index contributed by atoms with van der Waals surface area (Å²) in [6.45, 7) is 2.37. The zero-order valence-corrected chi connectivity index (χ0v) is 23.4. The quantitative estimate of drug-likeness (QED) is 0.244. The average molecular weight is 577 g/mol. The summed E-state index contributed by atoms with van der Waals surface area (Å²) in [5.74, 6) is -0.889. The average Bonchev–Trinajstić information content (AvgIpc) is 3.76. The van der Waals surface area contributed by atoms with Gasteiger partial charge in [0.25, 0.3) is 0 Å². The van der Waals surface area contributed by atoms with Gasteiger partial charge in [-0.2, -0.15) is 23.7 Å². The summed E-state index contributed by atoms with van der Waals surface area (Å²) in [7, 11) is 0. The van der Waals surface area contributed by atoms with E-state index in [1.165, 1.54) is 26.0 Å². The third-order valence-corrected chi connectivity index (χ3v) is 7.44. The van der Waals surface area contributed by atoms with Crippen molar-refractivity contribution >= 4 is 5.91 Å². The summed E-state index contributed by atoms with van der Waals surface area (Å²) in [6, 6.07) is 21.5. The number of hydrogen-bond acceptors (Lipinski definition) is 4. The zero-order chi connectivity index (χ0) is 30.5. The van der Waals surface area contributed by atoms with Crippen LogP contribution in [0.25, 0.3) is 11.1 Å². The third-order valence-electron chi connectivity index (χ3n) is 7.44. The molecule has 1 saturated carbocycles. The van der Waals surface area contributed by atoms with E-state index in [1.807, 2.05) is 30.3 Å². The molecule has 9 heteroatoms. The van der Waals surface area contributed by atoms with Crippen molar-refractivity contribution in [3.05, 3.63) is 95.6 Å². The van der Waals surface area contributed by atoms with E-state index in [1.54, 1.807) is 42.5 Å². The second-order valence-electron chi connectivity index (χ2n) is 11.4. The van der Waals surface area contributed by atoms with Crippen LogP contribution in [0.4, 0.5) is 17.6 Å². The Bertz CT molecular complexity index is 1450. The fraction of sp³-hybridized carbons (Fsp3) is 0.364. The van der Waals surface area contributed by atoms with Crippen molar-refractivity contribution in [2.75, 3.05) is 0 Å². The number of halogens is 4. The third kappa shape index (κ3) is 7.74. The molecule has 3 aromatic carbocycles. The molecule has 0 unspecified atom stereocenters. The van der Waals surface area contributed by atoms with Crippen LogP contribution < -0.4 is 10.6 Å². The highest BCUT2D eigenvalue weighted by Gasteiger charge is 2.45. The van der Waals surface area contributed by atoms with Crippen LogP contribution in [-0.2, 0) is 16.6 Å². The number of alkyl halides is 4. The molecule has 0 heterocycles. The van der Waals surface area contributed by atoms with Gasteiger partial charge in [0, 0.05) is 12.8 Å². The van der Waals surface area contributed by atoms with Crippen LogP contribution in [0.15, 0.2) is 78.9 Å². The van der Waals surface area contributed by atoms with Crippen molar-refractivity contribution in [3.63, 3.8) is 0 Å². The van der Waals surface area contributed by atoms with Crippen LogP contribution in [0.3, 0.4) is 0 Å². The molecule has 0 spiro atoms. The Morgan fingerprint density at radius 3 is 1.95 bits per heavy atom. The molecule has 5 nitrogen and oxygen atoms in total. The number of rotatable bonds is 11. The number of carbonyl (C=O) groups is 1. The number of hydrogen-bond donors (Lipinski definition) is 2. The molecular formula is C33H32F4N4O. The first-order valence-corrected chi connectivity index (χ1v) is 13.7. The van der Waals surface area contributed by atoms with Gasteiger partial charge in [-0.15, -0.1) is 0 Å². The molecule has 3 aromatic rings. The van der Waals surface area contributed by atoms with Gasteiger partial charge in [-0.25, -0.2) is 4.39 Å². The lowest BCUT2D eigenvalue weighted by molar-refractivity contribution is -0.161. The Kier molecular flexibility index (Phi) is 9.03. The van der Waals surface area contributed by atoms with Gasteiger partial charge < -0.3 is 5.32 Å². The molecule has 1 amide bonds. The topological polar surface area (TPSA) is 88.7 Å². The SMILES string of the molecule is CC(C)(F)C[C@H](N[C@@H](c1ccc(-c2ccc(C3(C#N)CC3)cc2)cc1)C(F)(F)F)C(=O)N[C@H](C#N)Cc1ccccc1. The number of nitrogens with zero attached hydrogens (tertiary/aromatic N) is 2. The van der Waals surface area contributed by atoms with E-state index in [0.29, 0.717) is 5.56 Å². The van der Waals surface area contributed by atoms with E-state index in [0.717, 1.165) is 29.5 Å². The minimum Gasteiger partial charge on any atom is -0.339 e. The Balaban J connectivity index is 1.53. The summed E-state index contributed by atoms with van der Waals surface area (Å²) in [6.07, 6.45) is -3.56. The molecule has 218 valence electrons. The smallest absolute Gasteiger partial charge is 0.339 e. The Morgan fingerprint density at radius 1 is 0.905 bits per heavy atom. The molecule has 1 aliphatic carbocycles. The molecule has 4 rings (SSSR count). The first-order valence-electron chi connectivity index (χ1n) is 13.7. The number of nitrogens with one attached hydrogen (secondary N) is 2. The van der Waals surface area contributed by atoms with Crippen LogP contribution in [0.1, 0.15) is 55.8 Å². The number of nitriles is 2. The molecule has 0 aliphatic heterocycles. The van der Waals surface area contributed by atoms with Crippen LogP contribution in [-0.4, -0.2) is 29.8 Å². The predicted molar refractivity (Wildman–Crippen MR) is 152 cm³/mol. The summed E-state index contributed by atoms with van der Waals surface area (Å²) in [5.41, 5.74) is 0.624. The molecule has 2 N–H and O–H groups in total. The predicted octanol–water partition coefficient (Wildman–Crippen LogP) is 6.86. The highest BCUT2D eigenvalue weighted by Crippen LogP contribution is 2.47. The van der Waals surface area contributed by atoms with Crippen molar-refractivity contribution in [3.8, 4) is 23.3 Å². The summed E-state index contributed by atoms with van der Waals surface area (Å²) < 4.78 is 57.7. The highest BCUT2D eigenvalue weighted by molar-refractivity contribution is 5.82. The van der Waals surface area contributed by atoms with Crippen molar-refractivity contribution < 1.29 is 22.4 Å². The van der Waals surface area contributed by atoms with E-state index >= 15 is 0 Å². The Hall–Kier alpha value is -4.21. The van der Waals surface area contributed by atoms with E-state index in [-0.39, 0.29) is 12.0 Å². The van der Waals surface area contributed by atoms with Crippen molar-refractivity contribution in [1.29, 1.82) is 10.5 Å². The minimum atomic E-state index is -4.79. The van der Waals surface area contributed by atoms with Crippen LogP contribution in [0.5, 0.6) is 0 Å². The molecule has 0 aromatic heterocycles. The van der Waals surface area contributed by atoms with E-state index < -0.39 is 47.7 Å².